The molecule has 0 aliphatic rings. The first-order chi connectivity index (χ1) is 19.0. The lowest BCUT2D eigenvalue weighted by atomic mass is 10.1. The zero-order chi connectivity index (χ0) is 29.4. The van der Waals surface area contributed by atoms with Crippen molar-refractivity contribution in [1.29, 1.82) is 0 Å². The zero-order valence-electron chi connectivity index (χ0n) is 22.5. The summed E-state index contributed by atoms with van der Waals surface area (Å²) in [6, 6.07) is 16.9. The van der Waals surface area contributed by atoms with Crippen molar-refractivity contribution in [2.45, 2.75) is 51.1 Å². The molecule has 3 aromatic carbocycles. The number of carbonyl (C=O) groups is 2. The van der Waals surface area contributed by atoms with Crippen molar-refractivity contribution in [3.63, 3.8) is 0 Å². The minimum absolute atomic E-state index is 0.0113. The van der Waals surface area contributed by atoms with E-state index in [1.54, 1.807) is 49.4 Å². The molecule has 0 saturated carbocycles. The van der Waals surface area contributed by atoms with E-state index < -0.39 is 28.5 Å². The predicted molar refractivity (Wildman–Crippen MR) is 162 cm³/mol. The minimum Gasteiger partial charge on any atom is -0.354 e. The summed E-state index contributed by atoms with van der Waals surface area (Å²) < 4.78 is 28.7. The van der Waals surface area contributed by atoms with Gasteiger partial charge in [-0.3, -0.25) is 13.9 Å². The van der Waals surface area contributed by atoms with Crippen LogP contribution >= 0.6 is 34.8 Å². The van der Waals surface area contributed by atoms with Crippen molar-refractivity contribution in [1.82, 2.24) is 10.2 Å². The number of rotatable bonds is 12. The maximum atomic E-state index is 14.0. The number of unbranched alkanes of at least 4 members (excludes halogenated alkanes) is 1. The van der Waals surface area contributed by atoms with Gasteiger partial charge in [0, 0.05) is 18.1 Å². The molecular weight excluding hydrogens is 593 g/mol. The van der Waals surface area contributed by atoms with Crippen LogP contribution in [0.1, 0.15) is 37.8 Å². The van der Waals surface area contributed by atoms with E-state index in [0.717, 1.165) is 22.7 Å². The molecule has 0 spiro atoms. The van der Waals surface area contributed by atoms with Crippen LogP contribution < -0.4 is 9.62 Å². The third kappa shape index (κ3) is 7.69. The van der Waals surface area contributed by atoms with Gasteiger partial charge in [0.05, 0.1) is 20.6 Å². The molecule has 0 saturated heterocycles. The average Bonchev–Trinajstić information content (AvgIpc) is 2.92. The van der Waals surface area contributed by atoms with Gasteiger partial charge in [0.1, 0.15) is 12.6 Å². The maximum Gasteiger partial charge on any atom is 0.264 e. The topological polar surface area (TPSA) is 86.8 Å². The van der Waals surface area contributed by atoms with E-state index in [9.17, 15) is 18.0 Å². The number of benzene rings is 3. The summed E-state index contributed by atoms with van der Waals surface area (Å²) in [7, 11) is -4.27. The standard InChI is InChI=1S/C29H32Cl3N3O4S/c1-4-5-17-33-29(37)21(3)34(18-22-9-6-7-10-24(22)30)27(36)19-35(26-12-8-11-25(31)28(26)32)40(38,39)23-15-13-20(2)14-16-23/h6-16,21H,4-5,17-19H2,1-3H3,(H,33,37)/t21-/m0/s1. The number of halogens is 3. The molecule has 0 heterocycles. The first-order valence-electron chi connectivity index (χ1n) is 12.8. The van der Waals surface area contributed by atoms with E-state index >= 15 is 0 Å². The third-order valence-corrected chi connectivity index (χ3v) is 9.33. The van der Waals surface area contributed by atoms with E-state index in [1.165, 1.54) is 29.2 Å². The van der Waals surface area contributed by atoms with E-state index in [4.69, 9.17) is 34.8 Å². The van der Waals surface area contributed by atoms with Crippen molar-refractivity contribution < 1.29 is 18.0 Å². The van der Waals surface area contributed by atoms with Crippen LogP contribution in [0.25, 0.3) is 0 Å². The fraction of sp³-hybridized carbons (Fsp3) is 0.310. The second kappa shape index (κ2) is 14.2. The van der Waals surface area contributed by atoms with E-state index in [-0.39, 0.29) is 33.1 Å². The molecule has 1 atom stereocenters. The Morgan fingerprint density at radius 1 is 0.925 bits per heavy atom. The Bertz CT molecular complexity index is 1450. The van der Waals surface area contributed by atoms with Crippen molar-refractivity contribution >= 4 is 62.3 Å². The normalized spacial score (nSPS) is 12.1. The Hall–Kier alpha value is -2.78. The average molecular weight is 625 g/mol. The highest BCUT2D eigenvalue weighted by molar-refractivity contribution is 7.92. The molecule has 0 aromatic heterocycles. The van der Waals surface area contributed by atoms with Crippen LogP contribution in [0.4, 0.5) is 5.69 Å². The summed E-state index contributed by atoms with van der Waals surface area (Å²) in [4.78, 5) is 28.3. The molecule has 0 bridgehead atoms. The summed E-state index contributed by atoms with van der Waals surface area (Å²) in [5.74, 6) is -0.979. The Morgan fingerprint density at radius 2 is 1.57 bits per heavy atom. The number of sulfonamides is 1. The van der Waals surface area contributed by atoms with E-state index in [2.05, 4.69) is 5.32 Å². The molecule has 0 radical (unpaired) electrons. The highest BCUT2D eigenvalue weighted by atomic mass is 35.5. The van der Waals surface area contributed by atoms with Gasteiger partial charge in [0.15, 0.2) is 0 Å². The Kier molecular flexibility index (Phi) is 11.3. The summed E-state index contributed by atoms with van der Waals surface area (Å²) >= 11 is 19.1. The van der Waals surface area contributed by atoms with Gasteiger partial charge in [-0.15, -0.1) is 0 Å². The fourth-order valence-corrected chi connectivity index (χ4v) is 6.03. The molecule has 2 amide bonds. The first-order valence-corrected chi connectivity index (χ1v) is 15.4. The van der Waals surface area contributed by atoms with Crippen LogP contribution in [0.2, 0.25) is 15.1 Å². The molecule has 3 aromatic rings. The van der Waals surface area contributed by atoms with Crippen molar-refractivity contribution in [2.75, 3.05) is 17.4 Å². The SMILES string of the molecule is CCCCNC(=O)[C@H](C)N(Cc1ccccc1Cl)C(=O)CN(c1cccc(Cl)c1Cl)S(=O)(=O)c1ccc(C)cc1. The summed E-state index contributed by atoms with van der Waals surface area (Å²) in [6.07, 6.45) is 1.68. The van der Waals surface area contributed by atoms with E-state index in [0.29, 0.717) is 17.1 Å². The monoisotopic (exact) mass is 623 g/mol. The highest BCUT2D eigenvalue weighted by Crippen LogP contribution is 2.35. The summed E-state index contributed by atoms with van der Waals surface area (Å²) in [5.41, 5.74) is 1.52. The Morgan fingerprint density at radius 3 is 2.23 bits per heavy atom. The number of amides is 2. The maximum absolute atomic E-state index is 14.0. The van der Waals surface area contributed by atoms with Crippen LogP contribution in [0.15, 0.2) is 71.6 Å². The molecule has 3 rings (SSSR count). The van der Waals surface area contributed by atoms with Gasteiger partial charge in [-0.2, -0.15) is 0 Å². The molecule has 1 N–H and O–H groups in total. The lowest BCUT2D eigenvalue weighted by Crippen LogP contribution is -2.51. The third-order valence-electron chi connectivity index (χ3n) is 6.38. The Balaban J connectivity index is 2.05. The molecule has 11 heteroatoms. The minimum atomic E-state index is -4.27. The van der Waals surface area contributed by atoms with Gasteiger partial charge in [-0.05, 0) is 56.2 Å². The molecular formula is C29H32Cl3N3O4S. The number of anilines is 1. The lowest BCUT2D eigenvalue weighted by molar-refractivity contribution is -0.139. The number of aryl methyl sites for hydroxylation is 1. The van der Waals surface area contributed by atoms with Crippen molar-refractivity contribution in [3.05, 3.63) is 92.9 Å². The van der Waals surface area contributed by atoms with Crippen molar-refractivity contribution in [2.24, 2.45) is 0 Å². The van der Waals surface area contributed by atoms with Crippen molar-refractivity contribution in [3.8, 4) is 0 Å². The van der Waals surface area contributed by atoms with Gasteiger partial charge in [-0.1, -0.05) is 90.1 Å². The zero-order valence-corrected chi connectivity index (χ0v) is 25.6. The fourth-order valence-electron chi connectivity index (χ4n) is 3.96. The molecule has 214 valence electrons. The predicted octanol–water partition coefficient (Wildman–Crippen LogP) is 6.48. The number of nitrogens with zero attached hydrogens (tertiary/aromatic N) is 2. The van der Waals surface area contributed by atoms with Crippen LogP contribution in [0.5, 0.6) is 0 Å². The van der Waals surface area contributed by atoms with Crippen LogP contribution in [0.3, 0.4) is 0 Å². The Labute approximate surface area is 251 Å². The smallest absolute Gasteiger partial charge is 0.264 e. The second-order valence-electron chi connectivity index (χ2n) is 9.33. The van der Waals surface area contributed by atoms with Gasteiger partial charge in [0.25, 0.3) is 10.0 Å². The second-order valence-corrected chi connectivity index (χ2v) is 12.4. The quantitative estimate of drug-likeness (QED) is 0.234. The molecule has 40 heavy (non-hydrogen) atoms. The molecule has 0 fully saturated rings. The first kappa shape index (κ1) is 31.7. The van der Waals surface area contributed by atoms with Gasteiger partial charge in [0.2, 0.25) is 11.8 Å². The number of carbonyl (C=O) groups excluding carboxylic acids is 2. The van der Waals surface area contributed by atoms with Gasteiger partial charge >= 0.3 is 0 Å². The van der Waals surface area contributed by atoms with Crippen LogP contribution in [-0.2, 0) is 26.2 Å². The van der Waals surface area contributed by atoms with Crippen LogP contribution in [0, 0.1) is 6.92 Å². The van der Waals surface area contributed by atoms with Crippen LogP contribution in [-0.4, -0.2) is 44.3 Å². The van der Waals surface area contributed by atoms with Gasteiger partial charge < -0.3 is 10.2 Å². The molecule has 0 aliphatic carbocycles. The number of hydrogen-bond acceptors (Lipinski definition) is 4. The van der Waals surface area contributed by atoms with Gasteiger partial charge in [-0.25, -0.2) is 8.42 Å². The largest absolute Gasteiger partial charge is 0.354 e. The summed E-state index contributed by atoms with van der Waals surface area (Å²) in [6.45, 7) is 5.26. The molecule has 0 unspecified atom stereocenters. The molecule has 7 nitrogen and oxygen atoms in total. The summed E-state index contributed by atoms with van der Waals surface area (Å²) in [5, 5.41) is 3.38. The highest BCUT2D eigenvalue weighted by Gasteiger charge is 2.33. The van der Waals surface area contributed by atoms with E-state index in [1.807, 2.05) is 13.8 Å². The lowest BCUT2D eigenvalue weighted by Gasteiger charge is -2.32. The number of nitrogens with one attached hydrogen (secondary N) is 1. The molecule has 0 aliphatic heterocycles. The number of hydrogen-bond donors (Lipinski definition) is 1.